The van der Waals surface area contributed by atoms with E-state index >= 15 is 0 Å². The van der Waals surface area contributed by atoms with E-state index in [0.717, 1.165) is 0 Å². The van der Waals surface area contributed by atoms with Gasteiger partial charge in [0.05, 0.1) is 24.6 Å². The minimum absolute atomic E-state index is 0.0749. The first-order valence-electron chi connectivity index (χ1n) is 5.68. The first-order valence-corrected chi connectivity index (χ1v) is 5.68. The molecule has 7 nitrogen and oxygen atoms in total. The number of Topliss-reactive ketones (excluding diaryl/α,β-unsaturated/α-hetero) is 1. The number of nitro benzene ring substituents is 1. The molecule has 0 heterocycles. The molecule has 0 atom stereocenters. The quantitative estimate of drug-likeness (QED) is 0.341. The maximum atomic E-state index is 11.7. The van der Waals surface area contributed by atoms with Gasteiger partial charge in [0.2, 0.25) is 0 Å². The molecule has 1 N–H and O–H groups in total. The minimum Gasteiger partial charge on any atom is -0.465 e. The summed E-state index contributed by atoms with van der Waals surface area (Å²) in [5.41, 5.74) is 0.0850. The van der Waals surface area contributed by atoms with Crippen LogP contribution in [0.15, 0.2) is 24.3 Å². The lowest BCUT2D eigenvalue weighted by Crippen LogP contribution is -2.29. The molecule has 0 saturated heterocycles. The van der Waals surface area contributed by atoms with E-state index in [1.807, 2.05) is 0 Å². The molecule has 1 aromatic carbocycles. The third-order valence-corrected chi connectivity index (χ3v) is 2.24. The summed E-state index contributed by atoms with van der Waals surface area (Å²) in [6.45, 7) is 1.81. The fraction of sp³-hybridized carbons (Fsp3) is 0.333. The van der Waals surface area contributed by atoms with E-state index in [1.54, 1.807) is 6.92 Å². The Morgan fingerprint density at radius 1 is 1.37 bits per heavy atom. The van der Waals surface area contributed by atoms with Crippen LogP contribution in [0.1, 0.15) is 17.3 Å². The van der Waals surface area contributed by atoms with Crippen molar-refractivity contribution in [3.63, 3.8) is 0 Å². The molecular weight excluding hydrogens is 252 g/mol. The number of carbonyl (C=O) groups excluding carboxylic acids is 2. The second-order valence-electron chi connectivity index (χ2n) is 3.64. The Balaban J connectivity index is 2.52. The summed E-state index contributed by atoms with van der Waals surface area (Å²) < 4.78 is 4.68. The van der Waals surface area contributed by atoms with Crippen molar-refractivity contribution in [3.8, 4) is 0 Å². The van der Waals surface area contributed by atoms with E-state index in [1.165, 1.54) is 24.3 Å². The van der Waals surface area contributed by atoms with Gasteiger partial charge in [0.15, 0.2) is 5.78 Å². The van der Waals surface area contributed by atoms with Crippen LogP contribution in [0.4, 0.5) is 5.69 Å². The van der Waals surface area contributed by atoms with Gasteiger partial charge in [0.1, 0.15) is 0 Å². The number of non-ortho nitro benzene ring substituents is 1. The van der Waals surface area contributed by atoms with Gasteiger partial charge in [-0.3, -0.25) is 25.0 Å². The van der Waals surface area contributed by atoms with E-state index in [2.05, 4.69) is 10.1 Å². The average Bonchev–Trinajstić information content (AvgIpc) is 2.39. The van der Waals surface area contributed by atoms with Crippen molar-refractivity contribution in [2.45, 2.75) is 6.92 Å². The van der Waals surface area contributed by atoms with E-state index in [0.29, 0.717) is 0 Å². The van der Waals surface area contributed by atoms with Crippen LogP contribution in [0, 0.1) is 10.1 Å². The fourth-order valence-electron chi connectivity index (χ4n) is 1.39. The molecule has 0 radical (unpaired) electrons. The molecule has 0 aliphatic rings. The highest BCUT2D eigenvalue weighted by molar-refractivity contribution is 5.98. The van der Waals surface area contributed by atoms with Crippen molar-refractivity contribution in [2.75, 3.05) is 19.7 Å². The summed E-state index contributed by atoms with van der Waals surface area (Å²) in [5.74, 6) is -0.776. The summed E-state index contributed by atoms with van der Waals surface area (Å²) in [7, 11) is 0. The van der Waals surface area contributed by atoms with Crippen molar-refractivity contribution >= 4 is 17.4 Å². The molecule has 0 saturated carbocycles. The lowest BCUT2D eigenvalue weighted by molar-refractivity contribution is -0.384. The number of ketones is 1. The maximum absolute atomic E-state index is 11.7. The number of ether oxygens (including phenoxy) is 1. The van der Waals surface area contributed by atoms with Crippen LogP contribution in [0.3, 0.4) is 0 Å². The van der Waals surface area contributed by atoms with Crippen LogP contribution >= 0.6 is 0 Å². The van der Waals surface area contributed by atoms with Crippen molar-refractivity contribution in [1.29, 1.82) is 0 Å². The number of hydrogen-bond donors (Lipinski definition) is 1. The molecule has 0 bridgehead atoms. The smallest absolute Gasteiger partial charge is 0.319 e. The highest BCUT2D eigenvalue weighted by Crippen LogP contribution is 2.13. The second kappa shape index (κ2) is 7.22. The maximum Gasteiger partial charge on any atom is 0.319 e. The second-order valence-corrected chi connectivity index (χ2v) is 3.64. The Kier molecular flexibility index (Phi) is 5.62. The van der Waals surface area contributed by atoms with Crippen LogP contribution in [0.5, 0.6) is 0 Å². The molecule has 0 fully saturated rings. The first-order chi connectivity index (χ1) is 9.04. The van der Waals surface area contributed by atoms with E-state index < -0.39 is 10.9 Å². The van der Waals surface area contributed by atoms with Gasteiger partial charge >= 0.3 is 5.97 Å². The SMILES string of the molecule is CCOC(=O)CNCC(=O)c1cccc([N+](=O)[O-])c1. The van der Waals surface area contributed by atoms with Gasteiger partial charge in [-0.25, -0.2) is 0 Å². The van der Waals surface area contributed by atoms with Crippen LogP contribution in [0.2, 0.25) is 0 Å². The van der Waals surface area contributed by atoms with Crippen LogP contribution in [-0.4, -0.2) is 36.4 Å². The Morgan fingerprint density at radius 2 is 2.11 bits per heavy atom. The standard InChI is InChI=1S/C12H14N2O5/c1-2-19-12(16)8-13-7-11(15)9-4-3-5-10(6-9)14(17)18/h3-6,13H,2,7-8H2,1H3. The highest BCUT2D eigenvalue weighted by atomic mass is 16.6. The normalized spacial score (nSPS) is 9.95. The lowest BCUT2D eigenvalue weighted by atomic mass is 10.1. The predicted octanol–water partition coefficient (Wildman–Crippen LogP) is 0.930. The topological polar surface area (TPSA) is 98.5 Å². The zero-order chi connectivity index (χ0) is 14.3. The molecule has 19 heavy (non-hydrogen) atoms. The summed E-state index contributed by atoms with van der Waals surface area (Å²) in [6.07, 6.45) is 0. The van der Waals surface area contributed by atoms with Crippen molar-refractivity contribution in [3.05, 3.63) is 39.9 Å². The largest absolute Gasteiger partial charge is 0.465 e. The lowest BCUT2D eigenvalue weighted by Gasteiger charge is -2.04. The van der Waals surface area contributed by atoms with Gasteiger partial charge in [-0.05, 0) is 6.92 Å². The number of nitro groups is 1. The number of benzene rings is 1. The van der Waals surface area contributed by atoms with Gasteiger partial charge in [-0.2, -0.15) is 0 Å². The molecule has 0 aliphatic carbocycles. The number of nitrogens with one attached hydrogen (secondary N) is 1. The summed E-state index contributed by atoms with van der Waals surface area (Å²) >= 11 is 0. The molecule has 0 unspecified atom stereocenters. The predicted molar refractivity (Wildman–Crippen MR) is 66.9 cm³/mol. The molecule has 0 amide bonds. The van der Waals surface area contributed by atoms with Crippen LogP contribution in [-0.2, 0) is 9.53 Å². The first kappa shape index (κ1) is 14.8. The molecule has 102 valence electrons. The molecule has 1 rings (SSSR count). The third kappa shape index (κ3) is 4.84. The van der Waals surface area contributed by atoms with Crippen molar-refractivity contribution < 1.29 is 19.2 Å². The average molecular weight is 266 g/mol. The zero-order valence-electron chi connectivity index (χ0n) is 10.4. The summed E-state index contributed by atoms with van der Waals surface area (Å²) in [6, 6.07) is 5.44. The van der Waals surface area contributed by atoms with Gasteiger partial charge in [-0.15, -0.1) is 0 Å². The molecule has 1 aromatic rings. The monoisotopic (exact) mass is 266 g/mol. The highest BCUT2D eigenvalue weighted by Gasteiger charge is 2.11. The molecule has 0 aromatic heterocycles. The van der Waals surface area contributed by atoms with Gasteiger partial charge in [0, 0.05) is 17.7 Å². The van der Waals surface area contributed by atoms with Crippen molar-refractivity contribution in [1.82, 2.24) is 5.32 Å². The van der Waals surface area contributed by atoms with Crippen LogP contribution in [0.25, 0.3) is 0 Å². The number of rotatable bonds is 7. The van der Waals surface area contributed by atoms with Gasteiger partial charge in [-0.1, -0.05) is 12.1 Å². The number of carbonyl (C=O) groups is 2. The zero-order valence-corrected chi connectivity index (χ0v) is 10.4. The van der Waals surface area contributed by atoms with Crippen LogP contribution < -0.4 is 5.32 Å². The number of esters is 1. The number of nitrogens with zero attached hydrogens (tertiary/aromatic N) is 1. The third-order valence-electron chi connectivity index (χ3n) is 2.24. The van der Waals surface area contributed by atoms with Crippen molar-refractivity contribution in [2.24, 2.45) is 0 Å². The Bertz CT molecular complexity index is 487. The Labute approximate surface area is 109 Å². The minimum atomic E-state index is -0.567. The van der Waals surface area contributed by atoms with Gasteiger partial charge < -0.3 is 4.74 Å². The summed E-state index contributed by atoms with van der Waals surface area (Å²) in [4.78, 5) is 32.7. The Morgan fingerprint density at radius 3 is 2.74 bits per heavy atom. The van der Waals surface area contributed by atoms with E-state index in [-0.39, 0.29) is 36.7 Å². The Hall–Kier alpha value is -2.28. The number of hydrogen-bond acceptors (Lipinski definition) is 6. The van der Waals surface area contributed by atoms with E-state index in [4.69, 9.17) is 0 Å². The fourth-order valence-corrected chi connectivity index (χ4v) is 1.39. The molecule has 7 heteroatoms. The molecule has 0 spiro atoms. The van der Waals surface area contributed by atoms with E-state index in [9.17, 15) is 19.7 Å². The molecular formula is C12H14N2O5. The van der Waals surface area contributed by atoms with Gasteiger partial charge in [0.25, 0.3) is 5.69 Å². The molecule has 0 aliphatic heterocycles. The summed E-state index contributed by atoms with van der Waals surface area (Å²) in [5, 5.41) is 13.2.